The first kappa shape index (κ1) is 15.1. The second kappa shape index (κ2) is 8.19. The van der Waals surface area contributed by atoms with Crippen LogP contribution >= 0.6 is 0 Å². The zero-order valence-electron chi connectivity index (χ0n) is 11.5. The van der Waals surface area contributed by atoms with Crippen LogP contribution in [0.5, 0.6) is 0 Å². The fourth-order valence-corrected chi connectivity index (χ4v) is 1.67. The van der Waals surface area contributed by atoms with Crippen LogP contribution < -0.4 is 5.32 Å². The van der Waals surface area contributed by atoms with E-state index in [2.05, 4.69) is 23.3 Å². The topological polar surface area (TPSA) is 54.4 Å². The molecule has 18 heavy (non-hydrogen) atoms. The molecular weight excluding hydrogens is 228 g/mol. The van der Waals surface area contributed by atoms with Crippen molar-refractivity contribution in [1.82, 2.24) is 10.3 Å². The van der Waals surface area contributed by atoms with Crippen molar-refractivity contribution in [3.8, 4) is 0 Å². The molecule has 0 aliphatic rings. The zero-order valence-corrected chi connectivity index (χ0v) is 11.5. The zero-order chi connectivity index (χ0) is 13.4. The molecule has 0 radical (unpaired) electrons. The van der Waals surface area contributed by atoms with E-state index in [1.807, 2.05) is 19.9 Å². The summed E-state index contributed by atoms with van der Waals surface area (Å²) in [5.74, 6) is 0. The molecule has 1 heterocycles. The third-order valence-electron chi connectivity index (χ3n) is 2.66. The summed E-state index contributed by atoms with van der Waals surface area (Å²) in [5, 5.41) is 12.9. The summed E-state index contributed by atoms with van der Waals surface area (Å²) in [7, 11) is 0. The maximum Gasteiger partial charge on any atom is 0.0897 e. The van der Waals surface area contributed by atoms with Crippen molar-refractivity contribution in [1.29, 1.82) is 0 Å². The SMILES string of the molecule is CCc1cccnc1CNCC(O)COC(C)C. The van der Waals surface area contributed by atoms with Gasteiger partial charge in [-0.25, -0.2) is 0 Å². The molecule has 0 spiro atoms. The summed E-state index contributed by atoms with van der Waals surface area (Å²) in [6.07, 6.45) is 2.46. The van der Waals surface area contributed by atoms with Crippen LogP contribution in [0.1, 0.15) is 32.0 Å². The number of aromatic nitrogens is 1. The summed E-state index contributed by atoms with van der Waals surface area (Å²) < 4.78 is 5.35. The molecule has 1 unspecified atom stereocenters. The van der Waals surface area contributed by atoms with Gasteiger partial charge in [0, 0.05) is 19.3 Å². The van der Waals surface area contributed by atoms with Crippen LogP contribution in [0.4, 0.5) is 0 Å². The molecule has 0 aliphatic heterocycles. The predicted octanol–water partition coefficient (Wildman–Crippen LogP) is 1.52. The van der Waals surface area contributed by atoms with E-state index < -0.39 is 6.10 Å². The van der Waals surface area contributed by atoms with Crippen LogP contribution in [0.15, 0.2) is 18.3 Å². The molecule has 4 nitrogen and oxygen atoms in total. The maximum absolute atomic E-state index is 9.69. The van der Waals surface area contributed by atoms with Crippen LogP contribution in [-0.4, -0.2) is 35.5 Å². The molecule has 0 saturated heterocycles. The Labute approximate surface area is 109 Å². The van der Waals surface area contributed by atoms with Gasteiger partial charge in [0.2, 0.25) is 0 Å². The number of hydrogen-bond donors (Lipinski definition) is 2. The Hall–Kier alpha value is -0.970. The van der Waals surface area contributed by atoms with E-state index in [9.17, 15) is 5.11 Å². The Balaban J connectivity index is 2.28. The van der Waals surface area contributed by atoms with Crippen molar-refractivity contribution in [2.24, 2.45) is 0 Å². The number of nitrogens with zero attached hydrogens (tertiary/aromatic N) is 1. The normalized spacial score (nSPS) is 12.9. The molecule has 4 heteroatoms. The lowest BCUT2D eigenvalue weighted by Gasteiger charge is -2.14. The van der Waals surface area contributed by atoms with Crippen molar-refractivity contribution < 1.29 is 9.84 Å². The Kier molecular flexibility index (Phi) is 6.86. The van der Waals surface area contributed by atoms with Crippen LogP contribution in [0, 0.1) is 0 Å². The number of aliphatic hydroxyl groups is 1. The van der Waals surface area contributed by atoms with Crippen LogP contribution in [-0.2, 0) is 17.7 Å². The number of rotatable bonds is 8. The van der Waals surface area contributed by atoms with Crippen molar-refractivity contribution >= 4 is 0 Å². The minimum atomic E-state index is -0.471. The lowest BCUT2D eigenvalue weighted by Crippen LogP contribution is -2.31. The van der Waals surface area contributed by atoms with Crippen LogP contribution in [0.25, 0.3) is 0 Å². The van der Waals surface area contributed by atoms with E-state index in [0.717, 1.165) is 12.1 Å². The van der Waals surface area contributed by atoms with E-state index >= 15 is 0 Å². The smallest absolute Gasteiger partial charge is 0.0897 e. The number of pyridine rings is 1. The molecule has 1 aromatic rings. The predicted molar refractivity (Wildman–Crippen MR) is 72.4 cm³/mol. The molecule has 0 aliphatic carbocycles. The molecular formula is C14H24N2O2. The Morgan fingerprint density at radius 3 is 2.89 bits per heavy atom. The van der Waals surface area contributed by atoms with Gasteiger partial charge in [-0.15, -0.1) is 0 Å². The van der Waals surface area contributed by atoms with E-state index in [1.165, 1.54) is 5.56 Å². The number of aryl methyl sites for hydroxylation is 1. The Bertz CT molecular complexity index is 342. The summed E-state index contributed by atoms with van der Waals surface area (Å²) in [6.45, 7) is 7.61. The Morgan fingerprint density at radius 2 is 2.22 bits per heavy atom. The molecule has 0 bridgehead atoms. The quantitative estimate of drug-likeness (QED) is 0.736. The van der Waals surface area contributed by atoms with Gasteiger partial charge >= 0.3 is 0 Å². The molecule has 2 N–H and O–H groups in total. The molecule has 1 aromatic heterocycles. The first-order chi connectivity index (χ1) is 8.63. The molecule has 1 rings (SSSR count). The van der Waals surface area contributed by atoms with Gasteiger partial charge in [-0.3, -0.25) is 4.98 Å². The average molecular weight is 252 g/mol. The first-order valence-electron chi connectivity index (χ1n) is 6.56. The standard InChI is InChI=1S/C14H24N2O2/c1-4-12-6-5-7-16-14(12)9-15-8-13(17)10-18-11(2)3/h5-7,11,13,15,17H,4,8-10H2,1-3H3. The summed E-state index contributed by atoms with van der Waals surface area (Å²) >= 11 is 0. The average Bonchev–Trinajstić information content (AvgIpc) is 2.37. The second-order valence-electron chi connectivity index (χ2n) is 4.63. The lowest BCUT2D eigenvalue weighted by atomic mass is 10.1. The third-order valence-corrected chi connectivity index (χ3v) is 2.66. The summed E-state index contributed by atoms with van der Waals surface area (Å²) in [4.78, 5) is 4.35. The fraction of sp³-hybridized carbons (Fsp3) is 0.643. The highest BCUT2D eigenvalue weighted by atomic mass is 16.5. The highest BCUT2D eigenvalue weighted by Gasteiger charge is 2.06. The highest BCUT2D eigenvalue weighted by molar-refractivity contribution is 5.19. The maximum atomic E-state index is 9.69. The van der Waals surface area contributed by atoms with Crippen LogP contribution in [0.3, 0.4) is 0 Å². The van der Waals surface area contributed by atoms with Crippen LogP contribution in [0.2, 0.25) is 0 Å². The van der Waals surface area contributed by atoms with Crippen molar-refractivity contribution in [2.75, 3.05) is 13.2 Å². The molecule has 0 amide bonds. The fourth-order valence-electron chi connectivity index (χ4n) is 1.67. The van der Waals surface area contributed by atoms with E-state index in [-0.39, 0.29) is 6.10 Å². The summed E-state index contributed by atoms with van der Waals surface area (Å²) in [5.41, 5.74) is 2.30. The molecule has 0 aromatic carbocycles. The van der Waals surface area contributed by atoms with Gasteiger partial charge in [-0.05, 0) is 31.9 Å². The number of aliphatic hydroxyl groups excluding tert-OH is 1. The monoisotopic (exact) mass is 252 g/mol. The van der Waals surface area contributed by atoms with Crippen molar-refractivity contribution in [3.05, 3.63) is 29.6 Å². The van der Waals surface area contributed by atoms with Gasteiger partial charge in [0.15, 0.2) is 0 Å². The van der Waals surface area contributed by atoms with Gasteiger partial charge < -0.3 is 15.2 Å². The van der Waals surface area contributed by atoms with Gasteiger partial charge in [-0.2, -0.15) is 0 Å². The van der Waals surface area contributed by atoms with E-state index in [1.54, 1.807) is 6.20 Å². The van der Waals surface area contributed by atoms with Gasteiger partial charge in [0.05, 0.1) is 24.5 Å². The number of hydrogen-bond acceptors (Lipinski definition) is 4. The van der Waals surface area contributed by atoms with E-state index in [0.29, 0.717) is 19.7 Å². The van der Waals surface area contributed by atoms with Gasteiger partial charge in [-0.1, -0.05) is 13.0 Å². The first-order valence-corrected chi connectivity index (χ1v) is 6.56. The van der Waals surface area contributed by atoms with Gasteiger partial charge in [0.25, 0.3) is 0 Å². The minimum absolute atomic E-state index is 0.155. The summed E-state index contributed by atoms with van der Waals surface area (Å²) in [6, 6.07) is 4.04. The lowest BCUT2D eigenvalue weighted by molar-refractivity contribution is 0.00627. The molecule has 1 atom stereocenters. The minimum Gasteiger partial charge on any atom is -0.389 e. The largest absolute Gasteiger partial charge is 0.389 e. The molecule has 102 valence electrons. The molecule has 0 saturated carbocycles. The Morgan fingerprint density at radius 1 is 1.44 bits per heavy atom. The number of ether oxygens (including phenoxy) is 1. The van der Waals surface area contributed by atoms with Crippen molar-refractivity contribution in [2.45, 2.75) is 45.9 Å². The highest BCUT2D eigenvalue weighted by Crippen LogP contribution is 2.05. The van der Waals surface area contributed by atoms with Crippen molar-refractivity contribution in [3.63, 3.8) is 0 Å². The second-order valence-corrected chi connectivity index (χ2v) is 4.63. The van der Waals surface area contributed by atoms with Gasteiger partial charge in [0.1, 0.15) is 0 Å². The molecule has 0 fully saturated rings. The van der Waals surface area contributed by atoms with E-state index in [4.69, 9.17) is 4.74 Å². The number of nitrogens with one attached hydrogen (secondary N) is 1. The third kappa shape index (κ3) is 5.58.